The minimum atomic E-state index is -3.75. The third kappa shape index (κ3) is 4.67. The lowest BCUT2D eigenvalue weighted by molar-refractivity contribution is -0.134. The van der Waals surface area contributed by atoms with E-state index in [0.29, 0.717) is 23.9 Å². The van der Waals surface area contributed by atoms with Crippen LogP contribution in [-0.2, 0) is 21.2 Å². The summed E-state index contributed by atoms with van der Waals surface area (Å²) in [6, 6.07) is 12.0. The molecule has 0 spiro atoms. The summed E-state index contributed by atoms with van der Waals surface area (Å²) in [5.41, 5.74) is 1.74. The Balaban J connectivity index is 1.47. The third-order valence-electron chi connectivity index (χ3n) is 6.05. The quantitative estimate of drug-likeness (QED) is 0.670. The molecule has 1 fully saturated rings. The smallest absolute Gasteiger partial charge is 0.264 e. The SMILES string of the molecule is CC1CCN(C(=O)COc2ccc(S(=O)(=O)N3CCCc4ccccc43)cc2Cl)CC1. The molecule has 2 aromatic rings. The van der Waals surface area contributed by atoms with E-state index < -0.39 is 10.0 Å². The van der Waals surface area contributed by atoms with Crippen LogP contribution in [0.25, 0.3) is 0 Å². The predicted octanol–water partition coefficient (Wildman–Crippen LogP) is 4.12. The molecule has 0 aliphatic carbocycles. The lowest BCUT2D eigenvalue weighted by Crippen LogP contribution is -2.40. The van der Waals surface area contributed by atoms with Gasteiger partial charge in [0, 0.05) is 19.6 Å². The number of sulfonamides is 1. The van der Waals surface area contributed by atoms with Crippen molar-refractivity contribution in [2.75, 3.05) is 30.5 Å². The molecule has 0 radical (unpaired) electrons. The molecule has 2 aliphatic heterocycles. The molecule has 6 nitrogen and oxygen atoms in total. The van der Waals surface area contributed by atoms with E-state index in [-0.39, 0.29) is 22.4 Å². The average molecular weight is 463 g/mol. The topological polar surface area (TPSA) is 66.9 Å². The number of ether oxygens (including phenoxy) is 1. The van der Waals surface area contributed by atoms with E-state index in [1.54, 1.807) is 4.90 Å². The highest BCUT2D eigenvalue weighted by molar-refractivity contribution is 7.92. The predicted molar refractivity (Wildman–Crippen MR) is 121 cm³/mol. The molecule has 2 aliphatic rings. The zero-order chi connectivity index (χ0) is 22.0. The number of piperidine rings is 1. The largest absolute Gasteiger partial charge is 0.482 e. The van der Waals surface area contributed by atoms with Gasteiger partial charge in [-0.15, -0.1) is 0 Å². The molecule has 0 saturated carbocycles. The number of carbonyl (C=O) groups is 1. The second-order valence-electron chi connectivity index (χ2n) is 8.25. The summed E-state index contributed by atoms with van der Waals surface area (Å²) in [5, 5.41) is 0.173. The number of rotatable bonds is 5. The highest BCUT2D eigenvalue weighted by Gasteiger charge is 2.29. The molecule has 2 aromatic carbocycles. The van der Waals surface area contributed by atoms with Crippen LogP contribution in [0.15, 0.2) is 47.4 Å². The number of fused-ring (bicyclic) bond motifs is 1. The molecule has 1 amide bonds. The summed E-state index contributed by atoms with van der Waals surface area (Å²) in [4.78, 5) is 14.3. The van der Waals surface area contributed by atoms with Gasteiger partial charge in [-0.1, -0.05) is 36.7 Å². The second kappa shape index (κ2) is 9.09. The van der Waals surface area contributed by atoms with Gasteiger partial charge in [0.25, 0.3) is 15.9 Å². The van der Waals surface area contributed by atoms with Crippen LogP contribution in [0.4, 0.5) is 5.69 Å². The first-order valence-electron chi connectivity index (χ1n) is 10.7. The summed E-state index contributed by atoms with van der Waals surface area (Å²) < 4.78 is 33.6. The monoisotopic (exact) mass is 462 g/mol. The zero-order valence-corrected chi connectivity index (χ0v) is 19.2. The van der Waals surface area contributed by atoms with Crippen LogP contribution in [0.2, 0.25) is 5.02 Å². The van der Waals surface area contributed by atoms with Crippen molar-refractivity contribution in [2.24, 2.45) is 5.92 Å². The van der Waals surface area contributed by atoms with E-state index in [1.165, 1.54) is 22.5 Å². The Hall–Kier alpha value is -2.25. The number of benzene rings is 2. The number of nitrogens with zero attached hydrogens (tertiary/aromatic N) is 2. The molecular formula is C23H27ClN2O4S. The van der Waals surface area contributed by atoms with E-state index in [9.17, 15) is 13.2 Å². The van der Waals surface area contributed by atoms with Crippen LogP contribution >= 0.6 is 11.6 Å². The summed E-state index contributed by atoms with van der Waals surface area (Å²) in [6.45, 7) is 3.99. The standard InChI is InChI=1S/C23H27ClN2O4S/c1-17-10-13-25(14-11-17)23(27)16-30-22-9-8-19(15-20(22)24)31(28,29)26-12-4-6-18-5-2-3-7-21(18)26/h2-3,5,7-9,15,17H,4,6,10-14,16H2,1H3. The van der Waals surface area contributed by atoms with Crippen LogP contribution in [0.3, 0.4) is 0 Å². The number of para-hydroxylation sites is 1. The molecule has 0 bridgehead atoms. The van der Waals surface area contributed by atoms with E-state index >= 15 is 0 Å². The number of halogens is 1. The average Bonchev–Trinajstić information content (AvgIpc) is 2.78. The Morgan fingerprint density at radius 3 is 2.61 bits per heavy atom. The molecular weight excluding hydrogens is 436 g/mol. The molecule has 2 heterocycles. The first-order valence-corrected chi connectivity index (χ1v) is 12.5. The highest BCUT2D eigenvalue weighted by atomic mass is 35.5. The number of hydrogen-bond acceptors (Lipinski definition) is 4. The first-order chi connectivity index (χ1) is 14.9. The van der Waals surface area contributed by atoms with Crippen molar-refractivity contribution in [1.29, 1.82) is 0 Å². The maximum Gasteiger partial charge on any atom is 0.264 e. The number of amides is 1. The highest BCUT2D eigenvalue weighted by Crippen LogP contribution is 2.34. The molecule has 0 N–H and O–H groups in total. The van der Waals surface area contributed by atoms with Gasteiger partial charge in [0.15, 0.2) is 6.61 Å². The van der Waals surface area contributed by atoms with Gasteiger partial charge < -0.3 is 9.64 Å². The van der Waals surface area contributed by atoms with Gasteiger partial charge in [0.1, 0.15) is 5.75 Å². The van der Waals surface area contributed by atoms with Crippen LogP contribution in [0.5, 0.6) is 5.75 Å². The molecule has 0 aromatic heterocycles. The Kier molecular flexibility index (Phi) is 6.44. The number of hydrogen-bond donors (Lipinski definition) is 0. The summed E-state index contributed by atoms with van der Waals surface area (Å²) in [6.07, 6.45) is 3.62. The van der Waals surface area contributed by atoms with Crippen molar-refractivity contribution in [3.63, 3.8) is 0 Å². The molecule has 1 saturated heterocycles. The van der Waals surface area contributed by atoms with E-state index in [2.05, 4.69) is 6.92 Å². The fourth-order valence-electron chi connectivity index (χ4n) is 4.12. The lowest BCUT2D eigenvalue weighted by Gasteiger charge is -2.30. The minimum Gasteiger partial charge on any atom is -0.482 e. The van der Waals surface area contributed by atoms with Crippen molar-refractivity contribution in [2.45, 2.75) is 37.5 Å². The van der Waals surface area contributed by atoms with Crippen molar-refractivity contribution < 1.29 is 17.9 Å². The van der Waals surface area contributed by atoms with Crippen molar-refractivity contribution in [1.82, 2.24) is 4.90 Å². The maximum atomic E-state index is 13.3. The van der Waals surface area contributed by atoms with Gasteiger partial charge in [-0.2, -0.15) is 0 Å². The van der Waals surface area contributed by atoms with E-state index in [1.807, 2.05) is 24.3 Å². The van der Waals surface area contributed by atoms with Gasteiger partial charge in [-0.05, 0) is 61.4 Å². The molecule has 31 heavy (non-hydrogen) atoms. The molecule has 0 atom stereocenters. The van der Waals surface area contributed by atoms with Crippen LogP contribution in [-0.4, -0.2) is 45.5 Å². The number of likely N-dealkylation sites (tertiary alicyclic amines) is 1. The van der Waals surface area contributed by atoms with Crippen LogP contribution < -0.4 is 9.04 Å². The fourth-order valence-corrected chi connectivity index (χ4v) is 5.99. The van der Waals surface area contributed by atoms with Gasteiger partial charge >= 0.3 is 0 Å². The lowest BCUT2D eigenvalue weighted by atomic mass is 9.99. The molecule has 4 rings (SSSR count). The molecule has 166 valence electrons. The number of anilines is 1. The normalized spacial score (nSPS) is 17.4. The van der Waals surface area contributed by atoms with Crippen molar-refractivity contribution in [3.8, 4) is 5.75 Å². The third-order valence-corrected chi connectivity index (χ3v) is 8.15. The van der Waals surface area contributed by atoms with Gasteiger partial charge in [0.05, 0.1) is 15.6 Å². The minimum absolute atomic E-state index is 0.0791. The van der Waals surface area contributed by atoms with Crippen LogP contribution in [0.1, 0.15) is 31.7 Å². The van der Waals surface area contributed by atoms with Crippen molar-refractivity contribution >= 4 is 33.2 Å². The number of carbonyl (C=O) groups excluding carboxylic acids is 1. The van der Waals surface area contributed by atoms with Gasteiger partial charge in [-0.25, -0.2) is 8.42 Å². The van der Waals surface area contributed by atoms with Crippen LogP contribution in [0, 0.1) is 5.92 Å². The first kappa shape index (κ1) is 22.0. The van der Waals surface area contributed by atoms with E-state index in [0.717, 1.165) is 44.3 Å². The molecule has 8 heteroatoms. The summed E-state index contributed by atoms with van der Waals surface area (Å²) >= 11 is 6.33. The summed E-state index contributed by atoms with van der Waals surface area (Å²) in [5.74, 6) is 0.865. The Bertz CT molecular complexity index is 1060. The van der Waals surface area contributed by atoms with E-state index in [4.69, 9.17) is 16.3 Å². The second-order valence-corrected chi connectivity index (χ2v) is 10.5. The van der Waals surface area contributed by atoms with Gasteiger partial charge in [0.2, 0.25) is 0 Å². The zero-order valence-electron chi connectivity index (χ0n) is 17.6. The maximum absolute atomic E-state index is 13.3. The van der Waals surface area contributed by atoms with Crippen molar-refractivity contribution in [3.05, 3.63) is 53.1 Å². The number of aryl methyl sites for hydroxylation is 1. The Morgan fingerprint density at radius 2 is 1.87 bits per heavy atom. The van der Waals surface area contributed by atoms with Gasteiger partial charge in [-0.3, -0.25) is 9.10 Å². The fraction of sp³-hybridized carbons (Fsp3) is 0.435. The molecule has 0 unspecified atom stereocenters. The summed E-state index contributed by atoms with van der Waals surface area (Å²) in [7, 11) is -3.75. The Labute approximate surface area is 188 Å². The Morgan fingerprint density at radius 1 is 1.13 bits per heavy atom.